The molecule has 0 aliphatic heterocycles. The van der Waals surface area contributed by atoms with E-state index in [1.54, 1.807) is 0 Å². The summed E-state index contributed by atoms with van der Waals surface area (Å²) in [6, 6.07) is 97.2. The number of hydrogen-bond acceptors (Lipinski definition) is 3. The SMILES string of the molecule is c1ccc(-c2cccc(-c3cc(-c4nc(-c5ccccc5)nc(-c5ccc(-c6cc(-c7ccccc7)ccc6-n6c7ccccc7c7ccccc76)cc5)n4)ccc3-n3c4ccccc4c4ccccc43)c2)cc1. The lowest BCUT2D eigenvalue weighted by molar-refractivity contribution is 1.07. The Morgan fingerprint density at radius 1 is 0.203 bits per heavy atom. The molecule has 11 aromatic carbocycles. The van der Waals surface area contributed by atoms with Crippen LogP contribution in [0, 0.1) is 0 Å². The second-order valence-corrected chi connectivity index (χ2v) is 18.8. The van der Waals surface area contributed by atoms with E-state index in [0.717, 1.165) is 78.0 Å². The van der Waals surface area contributed by atoms with Crippen LogP contribution < -0.4 is 0 Å². The Balaban J connectivity index is 0.935. The number of rotatable bonds is 9. The molecule has 0 aliphatic carbocycles. The van der Waals surface area contributed by atoms with Crippen molar-refractivity contribution in [2.45, 2.75) is 0 Å². The summed E-state index contributed by atoms with van der Waals surface area (Å²) >= 11 is 0. The minimum atomic E-state index is 0.594. The van der Waals surface area contributed by atoms with Crippen LogP contribution in [0.4, 0.5) is 0 Å². The summed E-state index contributed by atoms with van der Waals surface area (Å²) < 4.78 is 4.81. The highest BCUT2D eigenvalue weighted by molar-refractivity contribution is 6.11. The van der Waals surface area contributed by atoms with Gasteiger partial charge in [0.25, 0.3) is 0 Å². The molecule has 3 heterocycles. The fourth-order valence-electron chi connectivity index (χ4n) is 10.9. The average molecular weight is 944 g/mol. The molecule has 0 amide bonds. The monoisotopic (exact) mass is 943 g/mol. The smallest absolute Gasteiger partial charge is 0.164 e. The molecule has 0 N–H and O–H groups in total. The van der Waals surface area contributed by atoms with Crippen molar-refractivity contribution in [1.82, 2.24) is 24.1 Å². The highest BCUT2D eigenvalue weighted by atomic mass is 15.0. The topological polar surface area (TPSA) is 48.5 Å². The first-order valence-corrected chi connectivity index (χ1v) is 25.1. The molecule has 5 nitrogen and oxygen atoms in total. The van der Waals surface area contributed by atoms with Crippen LogP contribution in [0.1, 0.15) is 0 Å². The Bertz CT molecular complexity index is 4300. The number of aromatic nitrogens is 5. The van der Waals surface area contributed by atoms with Crippen molar-refractivity contribution in [3.8, 4) is 90.0 Å². The van der Waals surface area contributed by atoms with Crippen molar-refractivity contribution < 1.29 is 0 Å². The van der Waals surface area contributed by atoms with Gasteiger partial charge in [0.05, 0.1) is 33.4 Å². The van der Waals surface area contributed by atoms with Crippen LogP contribution in [-0.4, -0.2) is 24.1 Å². The summed E-state index contributed by atoms with van der Waals surface area (Å²) in [7, 11) is 0. The largest absolute Gasteiger partial charge is 0.309 e. The number of para-hydroxylation sites is 4. The van der Waals surface area contributed by atoms with Crippen LogP contribution in [0.3, 0.4) is 0 Å². The third-order valence-corrected chi connectivity index (χ3v) is 14.4. The highest BCUT2D eigenvalue weighted by Crippen LogP contribution is 2.41. The molecule has 0 fully saturated rings. The van der Waals surface area contributed by atoms with E-state index in [0.29, 0.717) is 17.5 Å². The average Bonchev–Trinajstić information content (AvgIpc) is 4.01. The van der Waals surface area contributed by atoms with E-state index < -0.39 is 0 Å². The Labute approximate surface area is 428 Å². The Morgan fingerprint density at radius 3 is 1.00 bits per heavy atom. The molecule has 5 heteroatoms. The molecule has 0 saturated carbocycles. The van der Waals surface area contributed by atoms with Gasteiger partial charge in [-0.2, -0.15) is 0 Å². The molecule has 0 atom stereocenters. The summed E-state index contributed by atoms with van der Waals surface area (Å²) in [5, 5.41) is 4.88. The second-order valence-electron chi connectivity index (χ2n) is 18.8. The molecule has 0 unspecified atom stereocenters. The maximum atomic E-state index is 5.34. The highest BCUT2D eigenvalue weighted by Gasteiger charge is 2.21. The zero-order valence-corrected chi connectivity index (χ0v) is 40.2. The summed E-state index contributed by atoms with van der Waals surface area (Å²) in [6.07, 6.45) is 0. The standard InChI is InChI=1S/C69H45N5/c1-4-19-46(20-5-1)51-25-18-26-53(43-51)60-45-54(40-42-66(60)74-63-33-16-12-29-57(63)58-30-13-17-34-64(58)74)69-71-67(49-23-8-3-9-24-49)70-68(72-69)50-37-35-48(36-38-50)59-44-52(47-21-6-2-7-22-47)39-41-65(59)73-61-31-14-10-27-55(61)56-28-11-15-32-62(56)73/h1-45H. The van der Waals surface area contributed by atoms with Gasteiger partial charge in [-0.3, -0.25) is 0 Å². The second kappa shape index (κ2) is 18.0. The van der Waals surface area contributed by atoms with Gasteiger partial charge in [0.15, 0.2) is 17.5 Å². The molecule has 14 rings (SSSR count). The Morgan fingerprint density at radius 2 is 0.514 bits per heavy atom. The quantitative estimate of drug-likeness (QED) is 0.145. The van der Waals surface area contributed by atoms with Gasteiger partial charge in [-0.1, -0.05) is 212 Å². The summed E-state index contributed by atoms with van der Waals surface area (Å²) in [4.78, 5) is 15.8. The van der Waals surface area contributed by atoms with Crippen molar-refractivity contribution in [2.24, 2.45) is 0 Å². The lowest BCUT2D eigenvalue weighted by Gasteiger charge is -2.17. The molecule has 14 aromatic rings. The third-order valence-electron chi connectivity index (χ3n) is 14.4. The molecule has 3 aromatic heterocycles. The molecule has 0 spiro atoms. The van der Waals surface area contributed by atoms with Crippen LogP contribution in [0.25, 0.3) is 134 Å². The van der Waals surface area contributed by atoms with E-state index in [-0.39, 0.29) is 0 Å². The number of benzene rings is 11. The first-order chi connectivity index (χ1) is 36.7. The molecular weight excluding hydrogens is 899 g/mol. The minimum absolute atomic E-state index is 0.594. The molecule has 0 radical (unpaired) electrons. The van der Waals surface area contributed by atoms with E-state index in [9.17, 15) is 0 Å². The predicted molar refractivity (Wildman–Crippen MR) is 307 cm³/mol. The van der Waals surface area contributed by atoms with Gasteiger partial charge in [0.2, 0.25) is 0 Å². The van der Waals surface area contributed by atoms with Crippen molar-refractivity contribution >= 4 is 43.6 Å². The van der Waals surface area contributed by atoms with Crippen molar-refractivity contribution in [2.75, 3.05) is 0 Å². The van der Waals surface area contributed by atoms with Gasteiger partial charge in [-0.05, 0) is 94.0 Å². The number of nitrogens with zero attached hydrogens (tertiary/aromatic N) is 5. The lowest BCUT2D eigenvalue weighted by Crippen LogP contribution is -2.02. The normalized spacial score (nSPS) is 11.5. The van der Waals surface area contributed by atoms with E-state index >= 15 is 0 Å². The van der Waals surface area contributed by atoms with Gasteiger partial charge >= 0.3 is 0 Å². The van der Waals surface area contributed by atoms with Crippen LogP contribution in [0.15, 0.2) is 273 Å². The molecular formula is C69H45N5. The van der Waals surface area contributed by atoms with Crippen LogP contribution >= 0.6 is 0 Å². The van der Waals surface area contributed by atoms with Crippen LogP contribution in [-0.2, 0) is 0 Å². The fraction of sp³-hybridized carbons (Fsp3) is 0. The molecule has 0 aliphatic rings. The van der Waals surface area contributed by atoms with E-state index in [2.05, 4.69) is 264 Å². The summed E-state index contributed by atoms with van der Waals surface area (Å²) in [6.45, 7) is 0. The maximum absolute atomic E-state index is 5.34. The molecule has 346 valence electrons. The lowest BCUT2D eigenvalue weighted by atomic mass is 9.96. The fourth-order valence-corrected chi connectivity index (χ4v) is 10.9. The van der Waals surface area contributed by atoms with Crippen molar-refractivity contribution in [3.05, 3.63) is 273 Å². The molecule has 0 bridgehead atoms. The maximum Gasteiger partial charge on any atom is 0.164 e. The summed E-state index contributed by atoms with van der Waals surface area (Å²) in [5.41, 5.74) is 18.5. The van der Waals surface area contributed by atoms with Gasteiger partial charge in [0.1, 0.15) is 0 Å². The van der Waals surface area contributed by atoms with Crippen LogP contribution in [0.5, 0.6) is 0 Å². The predicted octanol–water partition coefficient (Wildman–Crippen LogP) is 17.7. The minimum Gasteiger partial charge on any atom is -0.309 e. The van der Waals surface area contributed by atoms with Gasteiger partial charge in [-0.25, -0.2) is 15.0 Å². The van der Waals surface area contributed by atoms with E-state index in [1.807, 2.05) is 18.2 Å². The zero-order chi connectivity index (χ0) is 49.0. The van der Waals surface area contributed by atoms with Crippen molar-refractivity contribution in [3.63, 3.8) is 0 Å². The first kappa shape index (κ1) is 42.9. The van der Waals surface area contributed by atoms with Crippen molar-refractivity contribution in [1.29, 1.82) is 0 Å². The third kappa shape index (κ3) is 7.46. The van der Waals surface area contributed by atoms with Gasteiger partial charge in [-0.15, -0.1) is 0 Å². The number of fused-ring (bicyclic) bond motifs is 6. The number of hydrogen-bond donors (Lipinski definition) is 0. The zero-order valence-electron chi connectivity index (χ0n) is 40.2. The van der Waals surface area contributed by atoms with Gasteiger partial charge in [0, 0.05) is 49.4 Å². The Hall–Kier alpha value is -9.97. The summed E-state index contributed by atoms with van der Waals surface area (Å²) in [5.74, 6) is 1.80. The molecule has 0 saturated heterocycles. The van der Waals surface area contributed by atoms with E-state index in [4.69, 9.17) is 15.0 Å². The first-order valence-electron chi connectivity index (χ1n) is 25.1. The van der Waals surface area contributed by atoms with Gasteiger partial charge < -0.3 is 9.13 Å². The van der Waals surface area contributed by atoms with Crippen LogP contribution in [0.2, 0.25) is 0 Å². The van der Waals surface area contributed by atoms with E-state index in [1.165, 1.54) is 38.1 Å². The Kier molecular flexibility index (Phi) is 10.4. The molecule has 74 heavy (non-hydrogen) atoms.